The van der Waals surface area contributed by atoms with Gasteiger partial charge in [0.2, 0.25) is 0 Å². The van der Waals surface area contributed by atoms with E-state index in [0.717, 1.165) is 0 Å². The molecule has 0 saturated heterocycles. The second-order valence-electron chi connectivity index (χ2n) is 11.1. The highest BCUT2D eigenvalue weighted by molar-refractivity contribution is 6.25. The fourth-order valence-electron chi connectivity index (χ4n) is 6.46. The molecule has 10 aromatic rings. The van der Waals surface area contributed by atoms with Crippen LogP contribution in [0.1, 0.15) is 0 Å². The van der Waals surface area contributed by atoms with E-state index in [2.05, 4.69) is 180 Å². The summed E-state index contributed by atoms with van der Waals surface area (Å²) < 4.78 is 0. The van der Waals surface area contributed by atoms with Crippen molar-refractivity contribution in [3.63, 3.8) is 0 Å². The van der Waals surface area contributed by atoms with Crippen LogP contribution in [0, 0.1) is 0 Å². The predicted molar refractivity (Wildman–Crippen MR) is 191 cm³/mol. The Morgan fingerprint density at radius 1 is 0.182 bits per heavy atom. The van der Waals surface area contributed by atoms with Gasteiger partial charge in [0.1, 0.15) is 0 Å². The molecule has 0 aliphatic heterocycles. The van der Waals surface area contributed by atoms with Crippen molar-refractivity contribution in [3.8, 4) is 0 Å². The molecule has 0 bridgehead atoms. The summed E-state index contributed by atoms with van der Waals surface area (Å²) in [6.45, 7) is 0. The van der Waals surface area contributed by atoms with E-state index in [1.54, 1.807) is 0 Å². The van der Waals surface area contributed by atoms with Crippen molar-refractivity contribution >= 4 is 75.9 Å². The summed E-state index contributed by atoms with van der Waals surface area (Å²) in [6.07, 6.45) is 0. The zero-order valence-corrected chi connectivity index (χ0v) is 24.2. The average molecular weight is 563 g/mol. The molecule has 44 heavy (non-hydrogen) atoms. The molecule has 10 rings (SSSR count). The number of para-hydroxylation sites is 4. The Bertz CT molecular complexity index is 2140. The summed E-state index contributed by atoms with van der Waals surface area (Å²) in [4.78, 5) is 6.76. The molecule has 0 spiro atoms. The largest absolute Gasteiger partial charge is 0.355 e. The third-order valence-corrected chi connectivity index (χ3v) is 8.48. The number of aromatic amines is 2. The zero-order valence-electron chi connectivity index (χ0n) is 24.2. The number of H-pyrrole nitrogens is 2. The molecule has 0 atom stereocenters. The van der Waals surface area contributed by atoms with Crippen LogP contribution in [0.15, 0.2) is 170 Å². The highest BCUT2D eigenvalue weighted by Crippen LogP contribution is 2.34. The van der Waals surface area contributed by atoms with E-state index < -0.39 is 0 Å². The maximum absolute atomic E-state index is 3.38. The topological polar surface area (TPSA) is 31.6 Å². The van der Waals surface area contributed by atoms with Gasteiger partial charge in [-0.15, -0.1) is 0 Å². The first kappa shape index (κ1) is 25.8. The summed E-state index contributed by atoms with van der Waals surface area (Å²) in [5, 5.41) is 13.3. The fraction of sp³-hybridized carbons (Fsp3) is 0. The van der Waals surface area contributed by atoms with Gasteiger partial charge in [-0.05, 0) is 56.6 Å². The van der Waals surface area contributed by atoms with Crippen molar-refractivity contribution in [1.82, 2.24) is 9.97 Å². The summed E-state index contributed by atoms with van der Waals surface area (Å²) in [5.41, 5.74) is 4.85. The van der Waals surface area contributed by atoms with Crippen LogP contribution in [0.25, 0.3) is 75.9 Å². The predicted octanol–water partition coefficient (Wildman–Crippen LogP) is 11.8. The third kappa shape index (κ3) is 4.54. The molecule has 2 N–H and O–H groups in total. The first-order valence-corrected chi connectivity index (χ1v) is 15.0. The number of rotatable bonds is 0. The molecule has 8 aromatic carbocycles. The van der Waals surface area contributed by atoms with Gasteiger partial charge in [0.05, 0.1) is 0 Å². The minimum absolute atomic E-state index is 1.21. The van der Waals surface area contributed by atoms with Crippen molar-refractivity contribution in [3.05, 3.63) is 170 Å². The normalized spacial score (nSPS) is 11.2. The average Bonchev–Trinajstić information content (AvgIpc) is 3.68. The van der Waals surface area contributed by atoms with Gasteiger partial charge in [-0.2, -0.15) is 0 Å². The monoisotopic (exact) mass is 562 g/mol. The standard InChI is InChI=1S/C18H12.2C12H9N/c1-2-8-14-13(7-1)15-9-3-4-11-17(15)18-12-6-5-10-16(14)18;2*1-3-7-11-9(5-1)10-6-2-4-8-12(10)13-11/h1-12H;2*1-8,13H. The number of nitrogens with one attached hydrogen (secondary N) is 2. The van der Waals surface area contributed by atoms with Gasteiger partial charge in [0, 0.05) is 43.6 Å². The summed E-state index contributed by atoms with van der Waals surface area (Å²) in [5.74, 6) is 0. The molecule has 208 valence electrons. The third-order valence-electron chi connectivity index (χ3n) is 8.48. The van der Waals surface area contributed by atoms with Crippen LogP contribution < -0.4 is 0 Å². The van der Waals surface area contributed by atoms with E-state index >= 15 is 0 Å². The highest BCUT2D eigenvalue weighted by Gasteiger charge is 2.06. The van der Waals surface area contributed by atoms with Gasteiger partial charge < -0.3 is 9.97 Å². The molecule has 2 aromatic heterocycles. The SMILES string of the molecule is c1ccc2c(c1)[nH]c1ccccc12.c1ccc2c(c1)[nH]c1ccccc12.c1ccc2c(c1)c1ccccc1c1ccccc21. The number of hydrogen-bond acceptors (Lipinski definition) is 0. The van der Waals surface area contributed by atoms with Crippen LogP contribution >= 0.6 is 0 Å². The summed E-state index contributed by atoms with van der Waals surface area (Å²) in [7, 11) is 0. The Morgan fingerprint density at radius 2 is 0.341 bits per heavy atom. The lowest BCUT2D eigenvalue weighted by Gasteiger charge is -2.09. The Morgan fingerprint density at radius 3 is 0.545 bits per heavy atom. The second-order valence-corrected chi connectivity index (χ2v) is 11.1. The number of hydrogen-bond donors (Lipinski definition) is 2. The van der Waals surface area contributed by atoms with Crippen molar-refractivity contribution in [1.29, 1.82) is 0 Å². The van der Waals surface area contributed by atoms with Gasteiger partial charge in [-0.1, -0.05) is 146 Å². The lowest BCUT2D eigenvalue weighted by molar-refractivity contribution is 1.55. The van der Waals surface area contributed by atoms with Crippen LogP contribution in [0.2, 0.25) is 0 Å². The smallest absolute Gasteiger partial charge is 0.0464 e. The number of benzene rings is 8. The van der Waals surface area contributed by atoms with E-state index in [0.29, 0.717) is 0 Å². The molecule has 0 unspecified atom stereocenters. The number of aromatic nitrogens is 2. The molecule has 2 heterocycles. The van der Waals surface area contributed by atoms with Crippen LogP contribution in [0.4, 0.5) is 0 Å². The van der Waals surface area contributed by atoms with Gasteiger partial charge >= 0.3 is 0 Å². The Labute approximate surface area is 255 Å². The molecule has 2 heteroatoms. The van der Waals surface area contributed by atoms with Crippen LogP contribution in [0.5, 0.6) is 0 Å². The molecule has 0 amide bonds. The van der Waals surface area contributed by atoms with Crippen LogP contribution in [-0.2, 0) is 0 Å². The Kier molecular flexibility index (Phi) is 6.51. The van der Waals surface area contributed by atoms with E-state index in [1.165, 1.54) is 75.9 Å². The minimum atomic E-state index is 1.21. The Balaban J connectivity index is 0.000000101. The maximum atomic E-state index is 3.38. The Hall–Kier alpha value is -5.86. The highest BCUT2D eigenvalue weighted by atomic mass is 14.7. The van der Waals surface area contributed by atoms with Gasteiger partial charge in [-0.3, -0.25) is 0 Å². The van der Waals surface area contributed by atoms with Crippen molar-refractivity contribution in [2.24, 2.45) is 0 Å². The molecule has 0 fully saturated rings. The quantitative estimate of drug-likeness (QED) is 0.172. The first-order chi connectivity index (χ1) is 21.8. The van der Waals surface area contributed by atoms with Crippen LogP contribution in [0.3, 0.4) is 0 Å². The van der Waals surface area contributed by atoms with Gasteiger partial charge in [0.25, 0.3) is 0 Å². The summed E-state index contributed by atoms with van der Waals surface area (Å²) >= 11 is 0. The van der Waals surface area contributed by atoms with E-state index in [1.807, 2.05) is 0 Å². The first-order valence-electron chi connectivity index (χ1n) is 15.0. The van der Waals surface area contributed by atoms with E-state index in [4.69, 9.17) is 0 Å². The fourth-order valence-corrected chi connectivity index (χ4v) is 6.46. The minimum Gasteiger partial charge on any atom is -0.355 e. The zero-order chi connectivity index (χ0) is 29.3. The molecular formula is C42H30N2. The van der Waals surface area contributed by atoms with E-state index in [-0.39, 0.29) is 0 Å². The second kappa shape index (κ2) is 11.1. The van der Waals surface area contributed by atoms with E-state index in [9.17, 15) is 0 Å². The molecule has 0 aliphatic rings. The number of fused-ring (bicyclic) bond motifs is 12. The summed E-state index contributed by atoms with van der Waals surface area (Å²) in [6, 6.07) is 59.5. The van der Waals surface area contributed by atoms with Crippen molar-refractivity contribution < 1.29 is 0 Å². The van der Waals surface area contributed by atoms with Crippen molar-refractivity contribution in [2.75, 3.05) is 0 Å². The molecule has 0 radical (unpaired) electrons. The van der Waals surface area contributed by atoms with Crippen molar-refractivity contribution in [2.45, 2.75) is 0 Å². The lowest BCUT2D eigenvalue weighted by Crippen LogP contribution is -1.81. The molecular weight excluding hydrogens is 532 g/mol. The lowest BCUT2D eigenvalue weighted by atomic mass is 9.95. The maximum Gasteiger partial charge on any atom is 0.0464 e. The molecule has 0 saturated carbocycles. The molecule has 0 aliphatic carbocycles. The van der Waals surface area contributed by atoms with Crippen LogP contribution in [-0.4, -0.2) is 9.97 Å². The molecule has 2 nitrogen and oxygen atoms in total. The van der Waals surface area contributed by atoms with Gasteiger partial charge in [0.15, 0.2) is 0 Å². The van der Waals surface area contributed by atoms with Gasteiger partial charge in [-0.25, -0.2) is 0 Å².